The first-order valence-electron chi connectivity index (χ1n) is 8.72. The first-order valence-corrected chi connectivity index (χ1v) is 8.72. The summed E-state index contributed by atoms with van der Waals surface area (Å²) in [6.07, 6.45) is -1.74. The van der Waals surface area contributed by atoms with E-state index in [0.717, 1.165) is 11.1 Å². The lowest BCUT2D eigenvalue weighted by Gasteiger charge is -2.20. The fraction of sp³-hybridized carbons (Fsp3) is 0.400. The Hall–Kier alpha value is -2.48. The molecule has 4 rings (SSSR count). The number of phenolic OH excluding ortho intramolecular Hbond substituents is 2. The zero-order chi connectivity index (χ0) is 19.1. The summed E-state index contributed by atoms with van der Waals surface area (Å²) >= 11 is 0. The maximum Gasteiger partial charge on any atom is 0.161 e. The average Bonchev–Trinajstić information content (AvgIpc) is 3.24. The van der Waals surface area contributed by atoms with Crippen LogP contribution in [0.15, 0.2) is 36.4 Å². The maximum absolute atomic E-state index is 10.6. The molecule has 7 nitrogen and oxygen atoms in total. The van der Waals surface area contributed by atoms with E-state index in [-0.39, 0.29) is 35.5 Å². The summed E-state index contributed by atoms with van der Waals surface area (Å²) in [5, 5.41) is 30.2. The number of ether oxygens (including phenoxy) is 4. The van der Waals surface area contributed by atoms with Gasteiger partial charge in [0, 0.05) is 11.8 Å². The van der Waals surface area contributed by atoms with Crippen LogP contribution >= 0.6 is 0 Å². The Labute approximate surface area is 156 Å². The van der Waals surface area contributed by atoms with Crippen LogP contribution < -0.4 is 9.47 Å². The molecule has 144 valence electrons. The summed E-state index contributed by atoms with van der Waals surface area (Å²) in [6, 6.07) is 10.0. The first kappa shape index (κ1) is 17.9. The van der Waals surface area contributed by atoms with Crippen molar-refractivity contribution in [2.75, 3.05) is 20.8 Å². The van der Waals surface area contributed by atoms with Gasteiger partial charge in [0.1, 0.15) is 0 Å². The van der Waals surface area contributed by atoms with E-state index in [4.69, 9.17) is 18.9 Å². The van der Waals surface area contributed by atoms with Crippen LogP contribution in [0.3, 0.4) is 0 Å². The lowest BCUT2D eigenvalue weighted by molar-refractivity contribution is -0.134. The van der Waals surface area contributed by atoms with Crippen LogP contribution in [0.2, 0.25) is 0 Å². The molecule has 2 saturated heterocycles. The molecule has 0 bridgehead atoms. The standard InChI is InChI=1S/C20H22O7/c1-24-15-7-10(3-5-13(15)21)18-12-9-26-19(17(12)20(23)27-18)11-4-6-14(22)16(8-11)25-2/h3-8,12,17-23H,9H2,1-2H3/t12-,17+,18-,19-,20-/m1/s1. The van der Waals surface area contributed by atoms with Gasteiger partial charge in [0.15, 0.2) is 29.3 Å². The highest BCUT2D eigenvalue weighted by atomic mass is 16.6. The fourth-order valence-corrected chi connectivity index (χ4v) is 4.04. The van der Waals surface area contributed by atoms with Crippen LogP contribution in [0.4, 0.5) is 0 Å². The second-order valence-electron chi connectivity index (χ2n) is 6.80. The molecule has 2 heterocycles. The lowest BCUT2D eigenvalue weighted by atomic mass is 9.84. The number of fused-ring (bicyclic) bond motifs is 1. The molecule has 2 aliphatic heterocycles. The maximum atomic E-state index is 10.6. The van der Waals surface area contributed by atoms with Crippen molar-refractivity contribution < 1.29 is 34.3 Å². The van der Waals surface area contributed by atoms with Gasteiger partial charge in [-0.05, 0) is 35.4 Å². The number of aliphatic hydroxyl groups is 1. The van der Waals surface area contributed by atoms with Crippen molar-refractivity contribution in [1.82, 2.24) is 0 Å². The van der Waals surface area contributed by atoms with E-state index in [1.807, 2.05) is 0 Å². The van der Waals surface area contributed by atoms with Crippen molar-refractivity contribution in [3.05, 3.63) is 47.5 Å². The first-order chi connectivity index (χ1) is 13.0. The zero-order valence-corrected chi connectivity index (χ0v) is 15.0. The molecule has 2 aromatic carbocycles. The molecule has 2 aliphatic rings. The molecule has 5 atom stereocenters. The van der Waals surface area contributed by atoms with Crippen molar-refractivity contribution in [2.24, 2.45) is 11.8 Å². The molecule has 0 aliphatic carbocycles. The summed E-state index contributed by atoms with van der Waals surface area (Å²) in [7, 11) is 2.97. The molecule has 7 heteroatoms. The number of hydrogen-bond donors (Lipinski definition) is 3. The number of hydrogen-bond acceptors (Lipinski definition) is 7. The van der Waals surface area contributed by atoms with Gasteiger partial charge in [0.25, 0.3) is 0 Å². The number of rotatable bonds is 4. The van der Waals surface area contributed by atoms with Crippen LogP contribution in [0.5, 0.6) is 23.0 Å². The molecule has 0 saturated carbocycles. The van der Waals surface area contributed by atoms with Crippen molar-refractivity contribution >= 4 is 0 Å². The summed E-state index contributed by atoms with van der Waals surface area (Å²) in [5.41, 5.74) is 1.62. The van der Waals surface area contributed by atoms with E-state index in [1.54, 1.807) is 36.4 Å². The van der Waals surface area contributed by atoms with E-state index < -0.39 is 6.29 Å². The van der Waals surface area contributed by atoms with Crippen LogP contribution in [0.1, 0.15) is 23.3 Å². The van der Waals surface area contributed by atoms with E-state index >= 15 is 0 Å². The van der Waals surface area contributed by atoms with Crippen molar-refractivity contribution in [3.8, 4) is 23.0 Å². The summed E-state index contributed by atoms with van der Waals surface area (Å²) < 4.78 is 22.2. The molecule has 0 unspecified atom stereocenters. The van der Waals surface area contributed by atoms with E-state index in [0.29, 0.717) is 18.1 Å². The molecule has 27 heavy (non-hydrogen) atoms. The topological polar surface area (TPSA) is 97.6 Å². The molecule has 0 radical (unpaired) electrons. The van der Waals surface area contributed by atoms with E-state index in [2.05, 4.69) is 0 Å². The molecular formula is C20H22O7. The SMILES string of the molecule is COc1cc([C@H]2O[C@@H](O)[C@H]3[C@H]2CO[C@@H]3c2ccc(O)c(OC)c2)ccc1O. The Morgan fingerprint density at radius 2 is 1.44 bits per heavy atom. The Morgan fingerprint density at radius 3 is 2.00 bits per heavy atom. The Kier molecular flexibility index (Phi) is 4.59. The van der Waals surface area contributed by atoms with Crippen molar-refractivity contribution in [3.63, 3.8) is 0 Å². The highest BCUT2D eigenvalue weighted by Gasteiger charge is 2.53. The zero-order valence-electron chi connectivity index (χ0n) is 15.0. The molecule has 3 N–H and O–H groups in total. The molecule has 0 aromatic heterocycles. The Balaban J connectivity index is 1.63. The minimum absolute atomic E-state index is 0.0492. The van der Waals surface area contributed by atoms with Gasteiger partial charge in [-0.2, -0.15) is 0 Å². The largest absolute Gasteiger partial charge is 0.504 e. The minimum atomic E-state index is -0.993. The van der Waals surface area contributed by atoms with Gasteiger partial charge in [-0.15, -0.1) is 0 Å². The van der Waals surface area contributed by atoms with Crippen LogP contribution in [-0.2, 0) is 9.47 Å². The number of benzene rings is 2. The number of phenols is 2. The highest BCUT2D eigenvalue weighted by molar-refractivity contribution is 5.44. The molecule has 2 fully saturated rings. The predicted molar refractivity (Wildman–Crippen MR) is 94.8 cm³/mol. The highest BCUT2D eigenvalue weighted by Crippen LogP contribution is 2.53. The van der Waals surface area contributed by atoms with Crippen molar-refractivity contribution in [1.29, 1.82) is 0 Å². The quantitative estimate of drug-likeness (QED) is 0.756. The van der Waals surface area contributed by atoms with Crippen LogP contribution in [-0.4, -0.2) is 42.4 Å². The summed E-state index contributed by atoms with van der Waals surface area (Å²) in [6.45, 7) is 0.420. The summed E-state index contributed by atoms with van der Waals surface area (Å²) in [5.74, 6) is 0.491. The lowest BCUT2D eigenvalue weighted by Crippen LogP contribution is -2.22. The summed E-state index contributed by atoms with van der Waals surface area (Å²) in [4.78, 5) is 0. The minimum Gasteiger partial charge on any atom is -0.504 e. The van der Waals surface area contributed by atoms with Gasteiger partial charge in [0.05, 0.1) is 33.0 Å². The van der Waals surface area contributed by atoms with E-state index in [9.17, 15) is 15.3 Å². The second-order valence-corrected chi connectivity index (χ2v) is 6.80. The van der Waals surface area contributed by atoms with Crippen LogP contribution in [0, 0.1) is 11.8 Å². The second kappa shape index (κ2) is 6.92. The molecular weight excluding hydrogens is 352 g/mol. The fourth-order valence-electron chi connectivity index (χ4n) is 4.04. The van der Waals surface area contributed by atoms with Gasteiger partial charge >= 0.3 is 0 Å². The smallest absolute Gasteiger partial charge is 0.161 e. The van der Waals surface area contributed by atoms with Crippen molar-refractivity contribution in [2.45, 2.75) is 18.5 Å². The van der Waals surface area contributed by atoms with Gasteiger partial charge in [-0.1, -0.05) is 12.1 Å². The monoisotopic (exact) mass is 374 g/mol. The van der Waals surface area contributed by atoms with E-state index in [1.165, 1.54) is 14.2 Å². The van der Waals surface area contributed by atoms with Crippen LogP contribution in [0.25, 0.3) is 0 Å². The molecule has 0 amide bonds. The Morgan fingerprint density at radius 1 is 0.889 bits per heavy atom. The molecule has 2 aromatic rings. The number of aromatic hydroxyl groups is 2. The third-order valence-electron chi connectivity index (χ3n) is 5.38. The van der Waals surface area contributed by atoms with Gasteiger partial charge in [-0.25, -0.2) is 0 Å². The molecule has 0 spiro atoms. The predicted octanol–water partition coefficient (Wildman–Crippen LogP) is 2.51. The Bertz CT molecular complexity index is 786. The normalized spacial score (nSPS) is 29.5. The average molecular weight is 374 g/mol. The van der Waals surface area contributed by atoms with Gasteiger partial charge < -0.3 is 34.3 Å². The third-order valence-corrected chi connectivity index (χ3v) is 5.38. The van der Waals surface area contributed by atoms with Gasteiger partial charge in [-0.3, -0.25) is 0 Å². The third kappa shape index (κ3) is 2.97. The number of aliphatic hydroxyl groups excluding tert-OH is 1. The van der Waals surface area contributed by atoms with Gasteiger partial charge in [0.2, 0.25) is 0 Å². The number of methoxy groups -OCH3 is 2.